The van der Waals surface area contributed by atoms with Gasteiger partial charge in [0.25, 0.3) is 0 Å². The van der Waals surface area contributed by atoms with Crippen LogP contribution in [0.1, 0.15) is 27.1 Å². The third-order valence-electron chi connectivity index (χ3n) is 3.56. The first kappa shape index (κ1) is 14.4. The number of aryl methyl sites for hydroxylation is 1. The van der Waals surface area contributed by atoms with E-state index in [2.05, 4.69) is 57.0 Å². The molecule has 2 aromatic carbocycles. The standard InChI is InChI=1S/C16H13Br2ClO/c1-9-6-12(19)2-3-13(9)15(18)14-8-11(17)7-10-4-5-20-16(10)14/h2-3,6-8,15H,4-5H2,1H3. The fourth-order valence-electron chi connectivity index (χ4n) is 2.58. The number of benzene rings is 2. The molecule has 1 nitrogen and oxygen atoms in total. The summed E-state index contributed by atoms with van der Waals surface area (Å²) in [5.74, 6) is 1.02. The van der Waals surface area contributed by atoms with Crippen molar-refractivity contribution >= 4 is 43.5 Å². The van der Waals surface area contributed by atoms with E-state index in [1.165, 1.54) is 16.7 Å². The summed E-state index contributed by atoms with van der Waals surface area (Å²) in [7, 11) is 0. The lowest BCUT2D eigenvalue weighted by Gasteiger charge is -2.17. The Balaban J connectivity index is 2.09. The van der Waals surface area contributed by atoms with Gasteiger partial charge in [0.2, 0.25) is 0 Å². The maximum atomic E-state index is 6.04. The molecular formula is C16H13Br2ClO. The Labute approximate surface area is 140 Å². The second-order valence-corrected chi connectivity index (χ2v) is 7.21. The fraction of sp³-hybridized carbons (Fsp3) is 0.250. The molecule has 0 saturated heterocycles. The van der Waals surface area contributed by atoms with Gasteiger partial charge in [-0.05, 0) is 47.9 Å². The summed E-state index contributed by atoms with van der Waals surface area (Å²) in [4.78, 5) is 0.101. The Morgan fingerprint density at radius 1 is 1.20 bits per heavy atom. The van der Waals surface area contributed by atoms with Crippen LogP contribution in [0, 0.1) is 6.92 Å². The van der Waals surface area contributed by atoms with Gasteiger partial charge in [-0.25, -0.2) is 0 Å². The number of ether oxygens (including phenoxy) is 1. The number of halogens is 3. The molecule has 1 unspecified atom stereocenters. The molecule has 0 amide bonds. The highest BCUT2D eigenvalue weighted by Crippen LogP contribution is 2.43. The second-order valence-electron chi connectivity index (χ2n) is 4.95. The minimum atomic E-state index is 0.101. The van der Waals surface area contributed by atoms with Crippen molar-refractivity contribution in [3.8, 4) is 5.75 Å². The van der Waals surface area contributed by atoms with Crippen molar-refractivity contribution in [2.75, 3.05) is 6.61 Å². The van der Waals surface area contributed by atoms with Crippen LogP contribution >= 0.6 is 43.5 Å². The lowest BCUT2D eigenvalue weighted by atomic mass is 9.98. The molecule has 0 aliphatic carbocycles. The third-order valence-corrected chi connectivity index (χ3v) is 5.23. The predicted molar refractivity (Wildman–Crippen MR) is 90.3 cm³/mol. The molecule has 2 aromatic rings. The molecule has 1 aliphatic heterocycles. The Kier molecular flexibility index (Phi) is 4.11. The van der Waals surface area contributed by atoms with Gasteiger partial charge in [-0.2, -0.15) is 0 Å². The summed E-state index contributed by atoms with van der Waals surface area (Å²) in [5.41, 5.74) is 4.82. The Hall–Kier alpha value is -0.510. The van der Waals surface area contributed by atoms with Crippen LogP contribution in [0.4, 0.5) is 0 Å². The van der Waals surface area contributed by atoms with Crippen LogP contribution in [-0.2, 0) is 6.42 Å². The molecule has 0 radical (unpaired) electrons. The molecular weight excluding hydrogens is 403 g/mol. The van der Waals surface area contributed by atoms with E-state index >= 15 is 0 Å². The topological polar surface area (TPSA) is 9.23 Å². The number of fused-ring (bicyclic) bond motifs is 1. The zero-order valence-corrected chi connectivity index (χ0v) is 14.8. The Bertz CT molecular complexity index is 670. The van der Waals surface area contributed by atoms with Crippen molar-refractivity contribution in [3.63, 3.8) is 0 Å². The average Bonchev–Trinajstić information content (AvgIpc) is 2.85. The van der Waals surface area contributed by atoms with Crippen molar-refractivity contribution < 1.29 is 4.74 Å². The van der Waals surface area contributed by atoms with E-state index < -0.39 is 0 Å². The van der Waals surface area contributed by atoms with E-state index in [-0.39, 0.29) is 4.83 Å². The summed E-state index contributed by atoms with van der Waals surface area (Å²) in [6.07, 6.45) is 0.973. The minimum absolute atomic E-state index is 0.101. The van der Waals surface area contributed by atoms with E-state index in [0.717, 1.165) is 33.8 Å². The van der Waals surface area contributed by atoms with Gasteiger partial charge in [0.05, 0.1) is 11.4 Å². The first-order valence-corrected chi connectivity index (χ1v) is 8.50. The van der Waals surface area contributed by atoms with Crippen molar-refractivity contribution in [1.82, 2.24) is 0 Å². The molecule has 0 bridgehead atoms. The highest BCUT2D eigenvalue weighted by molar-refractivity contribution is 9.10. The van der Waals surface area contributed by atoms with Gasteiger partial charge in [-0.15, -0.1) is 0 Å². The lowest BCUT2D eigenvalue weighted by molar-refractivity contribution is 0.354. The lowest BCUT2D eigenvalue weighted by Crippen LogP contribution is -1.99. The zero-order valence-electron chi connectivity index (χ0n) is 10.9. The molecule has 0 N–H and O–H groups in total. The number of rotatable bonds is 2. The first-order chi connectivity index (χ1) is 9.56. The third kappa shape index (κ3) is 2.63. The van der Waals surface area contributed by atoms with E-state index in [0.29, 0.717) is 0 Å². The minimum Gasteiger partial charge on any atom is -0.493 e. The van der Waals surface area contributed by atoms with Crippen molar-refractivity contribution in [3.05, 3.63) is 62.1 Å². The molecule has 1 aliphatic rings. The molecule has 0 saturated carbocycles. The summed E-state index contributed by atoms with van der Waals surface area (Å²) in [6.45, 7) is 2.84. The van der Waals surface area contributed by atoms with Crippen LogP contribution in [-0.4, -0.2) is 6.61 Å². The quantitative estimate of drug-likeness (QED) is 0.560. The van der Waals surface area contributed by atoms with Crippen LogP contribution in [0.3, 0.4) is 0 Å². The molecule has 1 atom stereocenters. The normalized spacial score (nSPS) is 14.8. The van der Waals surface area contributed by atoms with Gasteiger partial charge in [0.15, 0.2) is 0 Å². The van der Waals surface area contributed by atoms with Gasteiger partial charge in [0, 0.05) is 21.5 Å². The average molecular weight is 417 g/mol. The van der Waals surface area contributed by atoms with Gasteiger partial charge < -0.3 is 4.74 Å². The molecule has 0 spiro atoms. The SMILES string of the molecule is Cc1cc(Cl)ccc1C(Br)c1cc(Br)cc2c1OCC2. The van der Waals surface area contributed by atoms with Crippen LogP contribution in [0.25, 0.3) is 0 Å². The van der Waals surface area contributed by atoms with Crippen molar-refractivity contribution in [2.24, 2.45) is 0 Å². The highest BCUT2D eigenvalue weighted by atomic mass is 79.9. The largest absolute Gasteiger partial charge is 0.493 e. The smallest absolute Gasteiger partial charge is 0.127 e. The molecule has 4 heteroatoms. The highest BCUT2D eigenvalue weighted by Gasteiger charge is 2.23. The number of alkyl halides is 1. The molecule has 0 aromatic heterocycles. The molecule has 0 fully saturated rings. The molecule has 104 valence electrons. The monoisotopic (exact) mass is 414 g/mol. The summed E-state index contributed by atoms with van der Waals surface area (Å²) < 4.78 is 6.90. The van der Waals surface area contributed by atoms with Gasteiger partial charge in [0.1, 0.15) is 5.75 Å². The Morgan fingerprint density at radius 3 is 2.75 bits per heavy atom. The van der Waals surface area contributed by atoms with Gasteiger partial charge in [-0.3, -0.25) is 0 Å². The van der Waals surface area contributed by atoms with E-state index in [9.17, 15) is 0 Å². The van der Waals surface area contributed by atoms with Crippen LogP contribution in [0.15, 0.2) is 34.8 Å². The van der Waals surface area contributed by atoms with E-state index in [4.69, 9.17) is 16.3 Å². The van der Waals surface area contributed by atoms with Gasteiger partial charge >= 0.3 is 0 Å². The maximum absolute atomic E-state index is 6.04. The molecule has 1 heterocycles. The van der Waals surface area contributed by atoms with Gasteiger partial charge in [-0.1, -0.05) is 49.5 Å². The summed E-state index contributed by atoms with van der Waals surface area (Å²) >= 11 is 13.4. The zero-order chi connectivity index (χ0) is 14.3. The van der Waals surface area contributed by atoms with E-state index in [1.54, 1.807) is 0 Å². The second kappa shape index (κ2) is 5.70. The van der Waals surface area contributed by atoms with Crippen LogP contribution in [0.2, 0.25) is 5.02 Å². The molecule has 20 heavy (non-hydrogen) atoms. The predicted octanol–water partition coefficient (Wildman–Crippen LogP) is 5.83. The molecule has 3 rings (SSSR count). The van der Waals surface area contributed by atoms with Crippen molar-refractivity contribution in [1.29, 1.82) is 0 Å². The Morgan fingerprint density at radius 2 is 2.00 bits per heavy atom. The summed E-state index contributed by atoms with van der Waals surface area (Å²) in [6, 6.07) is 10.2. The van der Waals surface area contributed by atoms with Crippen molar-refractivity contribution in [2.45, 2.75) is 18.2 Å². The number of hydrogen-bond donors (Lipinski definition) is 0. The number of hydrogen-bond acceptors (Lipinski definition) is 1. The van der Waals surface area contributed by atoms with Crippen LogP contribution in [0.5, 0.6) is 5.75 Å². The fourth-order valence-corrected chi connectivity index (χ4v) is 4.18. The first-order valence-electron chi connectivity index (χ1n) is 6.41. The van der Waals surface area contributed by atoms with Crippen LogP contribution < -0.4 is 4.74 Å². The summed E-state index contributed by atoms with van der Waals surface area (Å²) in [5, 5.41) is 0.765. The van der Waals surface area contributed by atoms with E-state index in [1.807, 2.05) is 12.1 Å². The maximum Gasteiger partial charge on any atom is 0.127 e.